The van der Waals surface area contributed by atoms with Gasteiger partial charge in [0.1, 0.15) is 0 Å². The number of aliphatic imine (C=N–C) groups is 1. The number of amides is 1. The third kappa shape index (κ3) is 3.48. The molecule has 0 unspecified atom stereocenters. The maximum Gasteiger partial charge on any atom is 0.264 e. The fourth-order valence-corrected chi connectivity index (χ4v) is 3.18. The van der Waals surface area contributed by atoms with Gasteiger partial charge in [-0.2, -0.15) is 0 Å². The highest BCUT2D eigenvalue weighted by molar-refractivity contribution is 9.10. The van der Waals surface area contributed by atoms with Crippen molar-refractivity contribution in [3.63, 3.8) is 0 Å². The molecule has 5 heteroatoms. The van der Waals surface area contributed by atoms with Crippen molar-refractivity contribution in [2.75, 3.05) is 0 Å². The topological polar surface area (TPSA) is 41.5 Å². The average molecular weight is 373 g/mol. The lowest BCUT2D eigenvalue weighted by atomic mass is 10.2. The van der Waals surface area contributed by atoms with E-state index in [2.05, 4.69) is 26.2 Å². The zero-order valence-corrected chi connectivity index (χ0v) is 14.2. The van der Waals surface area contributed by atoms with Crippen molar-refractivity contribution in [3.8, 4) is 0 Å². The molecule has 0 aliphatic carbocycles. The van der Waals surface area contributed by atoms with Gasteiger partial charge in [0, 0.05) is 4.47 Å². The van der Waals surface area contributed by atoms with Gasteiger partial charge in [-0.1, -0.05) is 51.8 Å². The minimum Gasteiger partial charge on any atom is -0.300 e. The standard InChI is InChI=1S/C17H13BrN2OS/c1-11-6-8-13(9-7-11)19-17-20-16(21)15(22-17)10-12-4-2-3-5-14(12)18/h2-10H,1H3,(H,19,20,21)/b15-10+. The Balaban J connectivity index is 1.84. The number of hydrogen-bond acceptors (Lipinski definition) is 3. The minimum atomic E-state index is -0.119. The number of nitrogens with zero attached hydrogens (tertiary/aromatic N) is 1. The highest BCUT2D eigenvalue weighted by Gasteiger charge is 2.23. The van der Waals surface area contributed by atoms with Gasteiger partial charge in [-0.15, -0.1) is 0 Å². The summed E-state index contributed by atoms with van der Waals surface area (Å²) in [5.74, 6) is -0.119. The highest BCUT2D eigenvalue weighted by Crippen LogP contribution is 2.29. The number of thioether (sulfide) groups is 1. The van der Waals surface area contributed by atoms with Gasteiger partial charge in [0.05, 0.1) is 10.6 Å². The van der Waals surface area contributed by atoms with Gasteiger partial charge in [-0.25, -0.2) is 4.99 Å². The number of carbonyl (C=O) groups is 1. The molecule has 1 N–H and O–H groups in total. The van der Waals surface area contributed by atoms with Crippen molar-refractivity contribution in [1.82, 2.24) is 5.32 Å². The van der Waals surface area contributed by atoms with E-state index in [1.807, 2.05) is 61.5 Å². The third-order valence-corrected chi connectivity index (χ3v) is 4.74. The summed E-state index contributed by atoms with van der Waals surface area (Å²) in [7, 11) is 0. The van der Waals surface area contributed by atoms with E-state index >= 15 is 0 Å². The van der Waals surface area contributed by atoms with Gasteiger partial charge >= 0.3 is 0 Å². The van der Waals surface area contributed by atoms with Gasteiger partial charge in [0.25, 0.3) is 5.91 Å². The van der Waals surface area contributed by atoms with Crippen LogP contribution in [-0.2, 0) is 4.79 Å². The Bertz CT molecular complexity index is 782. The van der Waals surface area contributed by atoms with Gasteiger partial charge < -0.3 is 5.32 Å². The van der Waals surface area contributed by atoms with Crippen molar-refractivity contribution in [3.05, 3.63) is 69.0 Å². The normalized spacial score (nSPS) is 18.0. The number of rotatable bonds is 2. The van der Waals surface area contributed by atoms with Crippen molar-refractivity contribution < 1.29 is 4.79 Å². The van der Waals surface area contributed by atoms with Crippen LogP contribution in [0.2, 0.25) is 0 Å². The second kappa shape index (κ2) is 6.50. The van der Waals surface area contributed by atoms with Crippen LogP contribution in [0, 0.1) is 6.92 Å². The zero-order valence-electron chi connectivity index (χ0n) is 11.8. The highest BCUT2D eigenvalue weighted by atomic mass is 79.9. The predicted molar refractivity (Wildman–Crippen MR) is 96.1 cm³/mol. The van der Waals surface area contributed by atoms with Crippen LogP contribution < -0.4 is 5.32 Å². The molecule has 1 heterocycles. The van der Waals surface area contributed by atoms with E-state index in [9.17, 15) is 4.79 Å². The first-order chi connectivity index (χ1) is 10.6. The summed E-state index contributed by atoms with van der Waals surface area (Å²) in [6.07, 6.45) is 1.86. The van der Waals surface area contributed by atoms with E-state index in [0.717, 1.165) is 15.7 Å². The van der Waals surface area contributed by atoms with Crippen molar-refractivity contribution in [2.24, 2.45) is 4.99 Å². The lowest BCUT2D eigenvalue weighted by Gasteiger charge is -1.98. The van der Waals surface area contributed by atoms with Crippen LogP contribution in [0.3, 0.4) is 0 Å². The van der Waals surface area contributed by atoms with Crippen LogP contribution in [-0.4, -0.2) is 11.1 Å². The summed E-state index contributed by atoms with van der Waals surface area (Å²) in [5.41, 5.74) is 2.98. The number of amidine groups is 1. The second-order valence-corrected chi connectivity index (χ2v) is 6.72. The van der Waals surface area contributed by atoms with Crippen LogP contribution in [0.1, 0.15) is 11.1 Å². The molecule has 0 bridgehead atoms. The monoisotopic (exact) mass is 372 g/mol. The Morgan fingerprint density at radius 1 is 1.14 bits per heavy atom. The van der Waals surface area contributed by atoms with Crippen LogP contribution in [0.5, 0.6) is 0 Å². The van der Waals surface area contributed by atoms with Crippen molar-refractivity contribution >= 4 is 50.5 Å². The summed E-state index contributed by atoms with van der Waals surface area (Å²) in [6.45, 7) is 2.03. The molecular formula is C17H13BrN2OS. The fourth-order valence-electron chi connectivity index (χ4n) is 1.95. The molecule has 110 valence electrons. The van der Waals surface area contributed by atoms with Crippen molar-refractivity contribution in [2.45, 2.75) is 6.92 Å². The molecule has 1 amide bonds. The van der Waals surface area contributed by atoms with E-state index < -0.39 is 0 Å². The number of nitrogens with one attached hydrogen (secondary N) is 1. The Hall–Kier alpha value is -1.85. The lowest BCUT2D eigenvalue weighted by molar-refractivity contribution is -0.115. The second-order valence-electron chi connectivity index (χ2n) is 4.84. The molecule has 3 nitrogen and oxygen atoms in total. The molecule has 1 fully saturated rings. The van der Waals surface area contributed by atoms with Crippen LogP contribution in [0.15, 0.2) is 62.9 Å². The summed E-state index contributed by atoms with van der Waals surface area (Å²) in [4.78, 5) is 17.1. The molecule has 0 saturated carbocycles. The third-order valence-electron chi connectivity index (χ3n) is 3.11. The number of hydrogen-bond donors (Lipinski definition) is 1. The molecule has 3 rings (SSSR count). The molecule has 0 aromatic heterocycles. The minimum absolute atomic E-state index is 0.119. The Morgan fingerprint density at radius 2 is 1.86 bits per heavy atom. The first-order valence-electron chi connectivity index (χ1n) is 6.72. The molecule has 0 atom stereocenters. The zero-order chi connectivity index (χ0) is 15.5. The predicted octanol–water partition coefficient (Wildman–Crippen LogP) is 4.65. The van der Waals surface area contributed by atoms with Gasteiger partial charge in [-0.3, -0.25) is 4.79 Å². The van der Waals surface area contributed by atoms with Crippen LogP contribution >= 0.6 is 27.7 Å². The first-order valence-corrected chi connectivity index (χ1v) is 8.33. The number of benzene rings is 2. The molecule has 2 aromatic rings. The smallest absolute Gasteiger partial charge is 0.264 e. The summed E-state index contributed by atoms with van der Waals surface area (Å²) >= 11 is 4.83. The molecule has 1 saturated heterocycles. The quantitative estimate of drug-likeness (QED) is 0.779. The van der Waals surface area contributed by atoms with Gasteiger partial charge in [0.15, 0.2) is 5.17 Å². The molecule has 22 heavy (non-hydrogen) atoms. The molecule has 1 aliphatic rings. The van der Waals surface area contributed by atoms with E-state index in [-0.39, 0.29) is 5.91 Å². The number of halogens is 1. The maximum atomic E-state index is 12.0. The van der Waals surface area contributed by atoms with Crippen LogP contribution in [0.25, 0.3) is 6.08 Å². The maximum absolute atomic E-state index is 12.0. The Labute approximate surface area is 141 Å². The van der Waals surface area contributed by atoms with Gasteiger partial charge in [0.2, 0.25) is 0 Å². The largest absolute Gasteiger partial charge is 0.300 e. The molecular weight excluding hydrogens is 360 g/mol. The van der Waals surface area contributed by atoms with Crippen LogP contribution in [0.4, 0.5) is 5.69 Å². The van der Waals surface area contributed by atoms with Crippen molar-refractivity contribution in [1.29, 1.82) is 0 Å². The number of aryl methyl sites for hydroxylation is 1. The fraction of sp³-hybridized carbons (Fsp3) is 0.0588. The SMILES string of the molecule is Cc1ccc(N=C2NC(=O)/C(=C\c3ccccc3Br)S2)cc1. The van der Waals surface area contributed by atoms with E-state index in [1.165, 1.54) is 17.3 Å². The summed E-state index contributed by atoms with van der Waals surface area (Å²) < 4.78 is 0.958. The van der Waals surface area contributed by atoms with E-state index in [0.29, 0.717) is 10.1 Å². The first kappa shape index (κ1) is 15.1. The molecule has 2 aromatic carbocycles. The van der Waals surface area contributed by atoms with E-state index in [1.54, 1.807) is 0 Å². The Morgan fingerprint density at radius 3 is 2.59 bits per heavy atom. The van der Waals surface area contributed by atoms with E-state index in [4.69, 9.17) is 0 Å². The molecule has 1 aliphatic heterocycles. The average Bonchev–Trinajstić information content (AvgIpc) is 2.84. The summed E-state index contributed by atoms with van der Waals surface area (Å²) in [6, 6.07) is 15.7. The Kier molecular flexibility index (Phi) is 4.45. The summed E-state index contributed by atoms with van der Waals surface area (Å²) in [5, 5.41) is 3.40. The molecule has 0 spiro atoms. The number of carbonyl (C=O) groups excluding carboxylic acids is 1. The molecule has 0 radical (unpaired) electrons. The lowest BCUT2D eigenvalue weighted by Crippen LogP contribution is -2.19. The van der Waals surface area contributed by atoms with Gasteiger partial charge in [-0.05, 0) is 48.5 Å².